The van der Waals surface area contributed by atoms with Crippen LogP contribution in [0, 0.1) is 5.41 Å². The van der Waals surface area contributed by atoms with Crippen molar-refractivity contribution in [3.05, 3.63) is 35.4 Å². The van der Waals surface area contributed by atoms with Crippen molar-refractivity contribution in [3.63, 3.8) is 0 Å². The monoisotopic (exact) mass is 246 g/mol. The summed E-state index contributed by atoms with van der Waals surface area (Å²) in [7, 11) is 0. The van der Waals surface area contributed by atoms with E-state index >= 15 is 0 Å². The molecule has 0 aromatic heterocycles. The molecular weight excluding hydrogens is 220 g/mol. The third kappa shape index (κ3) is 4.13. The maximum atomic E-state index is 10.2. The minimum Gasteiger partial charge on any atom is -0.388 e. The Bertz CT molecular complexity index is 385. The van der Waals surface area contributed by atoms with E-state index in [1.54, 1.807) is 0 Å². The van der Waals surface area contributed by atoms with E-state index in [2.05, 4.69) is 45.0 Å². The normalized spacial score (nSPS) is 17.8. The van der Waals surface area contributed by atoms with Gasteiger partial charge in [-0.25, -0.2) is 0 Å². The van der Waals surface area contributed by atoms with Gasteiger partial charge in [0, 0.05) is 0 Å². The zero-order valence-corrected chi connectivity index (χ0v) is 11.9. The summed E-state index contributed by atoms with van der Waals surface area (Å²) in [6.45, 7) is 6.77. The Morgan fingerprint density at radius 2 is 2.00 bits per heavy atom. The third-order valence-electron chi connectivity index (χ3n) is 3.75. The molecule has 1 aromatic carbocycles. The summed E-state index contributed by atoms with van der Waals surface area (Å²) >= 11 is 0. The summed E-state index contributed by atoms with van der Waals surface area (Å²) in [5, 5.41) is 10.2. The van der Waals surface area contributed by atoms with Crippen molar-refractivity contribution in [1.29, 1.82) is 0 Å². The second-order valence-corrected chi connectivity index (χ2v) is 6.91. The van der Waals surface area contributed by atoms with Gasteiger partial charge in [0.15, 0.2) is 0 Å². The van der Waals surface area contributed by atoms with Gasteiger partial charge in [0.25, 0.3) is 0 Å². The zero-order valence-electron chi connectivity index (χ0n) is 11.9. The van der Waals surface area contributed by atoms with Crippen LogP contribution < -0.4 is 0 Å². The highest BCUT2D eigenvalue weighted by molar-refractivity contribution is 5.30. The first kappa shape index (κ1) is 13.6. The fourth-order valence-corrected chi connectivity index (χ4v) is 2.43. The topological polar surface area (TPSA) is 20.2 Å². The van der Waals surface area contributed by atoms with Gasteiger partial charge in [-0.05, 0) is 48.1 Å². The van der Waals surface area contributed by atoms with Gasteiger partial charge in [-0.3, -0.25) is 0 Å². The lowest BCUT2D eigenvalue weighted by molar-refractivity contribution is 0.158. The number of benzene rings is 1. The highest BCUT2D eigenvalue weighted by atomic mass is 16.3. The van der Waals surface area contributed by atoms with Crippen molar-refractivity contribution in [3.8, 4) is 0 Å². The molecule has 1 fully saturated rings. The molecular formula is C17H26O. The Balaban J connectivity index is 1.88. The zero-order chi connectivity index (χ0) is 13.2. The van der Waals surface area contributed by atoms with Gasteiger partial charge in [0.05, 0.1) is 6.10 Å². The molecule has 1 unspecified atom stereocenters. The minimum atomic E-state index is -0.286. The average molecular weight is 246 g/mol. The number of hydrogen-bond acceptors (Lipinski definition) is 1. The lowest BCUT2D eigenvalue weighted by atomic mass is 9.88. The van der Waals surface area contributed by atoms with Gasteiger partial charge < -0.3 is 5.11 Å². The van der Waals surface area contributed by atoms with Gasteiger partial charge in [-0.2, -0.15) is 0 Å². The SMILES string of the molecule is CC(C)(C)CCCC(O)c1cccc(C2CC2)c1. The molecule has 0 spiro atoms. The molecule has 1 atom stereocenters. The molecule has 1 saturated carbocycles. The molecule has 1 N–H and O–H groups in total. The predicted octanol–water partition coefficient (Wildman–Crippen LogP) is 4.81. The van der Waals surface area contributed by atoms with Gasteiger partial charge in [0.1, 0.15) is 0 Å². The van der Waals surface area contributed by atoms with E-state index < -0.39 is 0 Å². The maximum Gasteiger partial charge on any atom is 0.0790 e. The highest BCUT2D eigenvalue weighted by Crippen LogP contribution is 2.40. The number of hydrogen-bond donors (Lipinski definition) is 1. The van der Waals surface area contributed by atoms with E-state index in [1.807, 2.05) is 0 Å². The van der Waals surface area contributed by atoms with Crippen molar-refractivity contribution in [1.82, 2.24) is 0 Å². The molecule has 1 aliphatic carbocycles. The lowest BCUT2D eigenvalue weighted by Gasteiger charge is -2.19. The Kier molecular flexibility index (Phi) is 4.11. The summed E-state index contributed by atoms with van der Waals surface area (Å²) < 4.78 is 0. The van der Waals surface area contributed by atoms with Crippen LogP contribution >= 0.6 is 0 Å². The second-order valence-electron chi connectivity index (χ2n) is 6.91. The van der Waals surface area contributed by atoms with Crippen molar-refractivity contribution >= 4 is 0 Å². The van der Waals surface area contributed by atoms with E-state index in [9.17, 15) is 5.11 Å². The Hall–Kier alpha value is -0.820. The summed E-state index contributed by atoms with van der Waals surface area (Å²) in [5.74, 6) is 0.770. The summed E-state index contributed by atoms with van der Waals surface area (Å²) in [6, 6.07) is 8.56. The predicted molar refractivity (Wildman–Crippen MR) is 76.7 cm³/mol. The van der Waals surface area contributed by atoms with E-state index in [0.717, 1.165) is 24.3 Å². The van der Waals surface area contributed by atoms with Crippen LogP contribution in [0.15, 0.2) is 24.3 Å². The summed E-state index contributed by atoms with van der Waals surface area (Å²) in [6.07, 6.45) is 5.51. The fourth-order valence-electron chi connectivity index (χ4n) is 2.43. The number of aliphatic hydroxyl groups is 1. The Labute approximate surface area is 111 Å². The standard InChI is InChI=1S/C17H26O/c1-17(2,3)11-5-8-16(18)15-7-4-6-14(12-15)13-9-10-13/h4,6-7,12-13,16,18H,5,8-11H2,1-3H3. The molecule has 2 rings (SSSR count). The van der Waals surface area contributed by atoms with Crippen LogP contribution in [0.1, 0.15) is 76.0 Å². The first-order chi connectivity index (χ1) is 8.46. The summed E-state index contributed by atoms with van der Waals surface area (Å²) in [4.78, 5) is 0. The maximum absolute atomic E-state index is 10.2. The third-order valence-corrected chi connectivity index (χ3v) is 3.75. The van der Waals surface area contributed by atoms with Crippen molar-refractivity contribution in [2.24, 2.45) is 5.41 Å². The van der Waals surface area contributed by atoms with Crippen LogP contribution in [0.4, 0.5) is 0 Å². The largest absolute Gasteiger partial charge is 0.388 e. The second kappa shape index (κ2) is 5.44. The number of aliphatic hydroxyl groups excluding tert-OH is 1. The van der Waals surface area contributed by atoms with Gasteiger partial charge in [0.2, 0.25) is 0 Å². The molecule has 0 aliphatic heterocycles. The minimum absolute atomic E-state index is 0.286. The van der Waals surface area contributed by atoms with Crippen molar-refractivity contribution in [2.75, 3.05) is 0 Å². The van der Waals surface area contributed by atoms with Crippen molar-refractivity contribution < 1.29 is 5.11 Å². The molecule has 0 bridgehead atoms. The smallest absolute Gasteiger partial charge is 0.0790 e. The van der Waals surface area contributed by atoms with E-state index in [4.69, 9.17) is 0 Å². The molecule has 0 saturated heterocycles. The average Bonchev–Trinajstić information content (AvgIpc) is 3.11. The first-order valence-corrected chi connectivity index (χ1v) is 7.24. The van der Waals surface area contributed by atoms with E-state index in [1.165, 1.54) is 24.8 Å². The number of rotatable bonds is 5. The van der Waals surface area contributed by atoms with Crippen LogP contribution in [-0.2, 0) is 0 Å². The quantitative estimate of drug-likeness (QED) is 0.790. The molecule has 0 heterocycles. The first-order valence-electron chi connectivity index (χ1n) is 7.24. The van der Waals surface area contributed by atoms with Gasteiger partial charge >= 0.3 is 0 Å². The van der Waals surface area contributed by atoms with E-state index in [-0.39, 0.29) is 6.10 Å². The Morgan fingerprint density at radius 3 is 2.61 bits per heavy atom. The molecule has 1 heteroatoms. The lowest BCUT2D eigenvalue weighted by Crippen LogP contribution is -2.06. The molecule has 0 amide bonds. The van der Waals surface area contributed by atoms with E-state index in [0.29, 0.717) is 5.41 Å². The van der Waals surface area contributed by atoms with Crippen molar-refractivity contribution in [2.45, 2.75) is 64.9 Å². The molecule has 100 valence electrons. The summed E-state index contributed by atoms with van der Waals surface area (Å²) in [5.41, 5.74) is 2.89. The van der Waals surface area contributed by atoms with Gasteiger partial charge in [-0.1, -0.05) is 51.5 Å². The molecule has 1 aromatic rings. The fraction of sp³-hybridized carbons (Fsp3) is 0.647. The Morgan fingerprint density at radius 1 is 1.28 bits per heavy atom. The molecule has 0 radical (unpaired) electrons. The molecule has 18 heavy (non-hydrogen) atoms. The van der Waals surface area contributed by atoms with Gasteiger partial charge in [-0.15, -0.1) is 0 Å². The molecule has 1 aliphatic rings. The van der Waals surface area contributed by atoms with Crippen LogP contribution in [0.5, 0.6) is 0 Å². The highest BCUT2D eigenvalue weighted by Gasteiger charge is 2.24. The van der Waals surface area contributed by atoms with Crippen LogP contribution in [0.2, 0.25) is 0 Å². The van der Waals surface area contributed by atoms with Crippen LogP contribution in [0.25, 0.3) is 0 Å². The molecule has 1 nitrogen and oxygen atoms in total. The van der Waals surface area contributed by atoms with Crippen LogP contribution in [-0.4, -0.2) is 5.11 Å². The van der Waals surface area contributed by atoms with Crippen LogP contribution in [0.3, 0.4) is 0 Å².